The third-order valence-electron chi connectivity index (χ3n) is 9.97. The number of carboxylic acid groups (broad SMARTS) is 1. The molecular formula is C39H37N9O4. The maximum Gasteiger partial charge on any atom is 0.405 e. The van der Waals surface area contributed by atoms with Crippen molar-refractivity contribution in [2.24, 2.45) is 0 Å². The van der Waals surface area contributed by atoms with Gasteiger partial charge in [0.15, 0.2) is 0 Å². The summed E-state index contributed by atoms with van der Waals surface area (Å²) in [6, 6.07) is 24.0. The minimum atomic E-state index is -1.25. The smallest absolute Gasteiger partial charge is 0.405 e. The Hall–Kier alpha value is -6.50. The maximum absolute atomic E-state index is 13.7. The number of aromatic amines is 3. The molecule has 0 bridgehead atoms. The molecule has 2 fully saturated rings. The van der Waals surface area contributed by atoms with E-state index in [0.29, 0.717) is 30.2 Å². The van der Waals surface area contributed by atoms with Crippen LogP contribution in [-0.2, 0) is 4.79 Å². The first-order valence-electron chi connectivity index (χ1n) is 17.4. The first-order valence-corrected chi connectivity index (χ1v) is 17.4. The molecule has 5 N–H and O–H groups in total. The molecule has 0 spiro atoms. The number of amides is 3. The lowest BCUT2D eigenvalue weighted by molar-refractivity contribution is -0.134. The summed E-state index contributed by atoms with van der Waals surface area (Å²) in [6.07, 6.45) is 8.71. The Morgan fingerprint density at radius 3 is 1.79 bits per heavy atom. The fraction of sp³-hybridized carbons (Fsp3) is 0.231. The summed E-state index contributed by atoms with van der Waals surface area (Å²) in [6.45, 7) is 1.20. The number of carbonyl (C=O) groups excluding carboxylic acids is 2. The van der Waals surface area contributed by atoms with Gasteiger partial charge in [0.1, 0.15) is 23.4 Å². The van der Waals surface area contributed by atoms with E-state index in [1.54, 1.807) is 41.6 Å². The highest BCUT2D eigenvalue weighted by atomic mass is 16.4. The molecule has 3 aromatic carbocycles. The first-order chi connectivity index (χ1) is 25.4. The van der Waals surface area contributed by atoms with Crippen LogP contribution in [0, 0.1) is 0 Å². The summed E-state index contributed by atoms with van der Waals surface area (Å²) in [5.74, 6) is 1.09. The van der Waals surface area contributed by atoms with Crippen molar-refractivity contribution in [2.75, 3.05) is 13.1 Å². The van der Waals surface area contributed by atoms with E-state index in [1.807, 2.05) is 29.3 Å². The van der Waals surface area contributed by atoms with E-state index in [1.165, 1.54) is 6.33 Å². The summed E-state index contributed by atoms with van der Waals surface area (Å²) in [4.78, 5) is 64.9. The van der Waals surface area contributed by atoms with Crippen LogP contribution in [0.4, 0.5) is 4.79 Å². The van der Waals surface area contributed by atoms with Crippen molar-refractivity contribution < 1.29 is 19.5 Å². The van der Waals surface area contributed by atoms with Crippen molar-refractivity contribution in [3.63, 3.8) is 0 Å². The van der Waals surface area contributed by atoms with Gasteiger partial charge in [-0.2, -0.15) is 0 Å². The number of H-pyrrole nitrogens is 3. The molecule has 13 heteroatoms. The van der Waals surface area contributed by atoms with E-state index in [4.69, 9.17) is 0 Å². The molecule has 3 atom stereocenters. The lowest BCUT2D eigenvalue weighted by Gasteiger charge is -2.28. The molecule has 0 saturated carbocycles. The van der Waals surface area contributed by atoms with Crippen LogP contribution in [-0.4, -0.2) is 75.8 Å². The summed E-state index contributed by atoms with van der Waals surface area (Å²) in [5, 5.41) is 11.9. The van der Waals surface area contributed by atoms with E-state index in [9.17, 15) is 19.5 Å². The molecule has 3 aromatic heterocycles. The zero-order chi connectivity index (χ0) is 35.6. The van der Waals surface area contributed by atoms with Crippen molar-refractivity contribution in [3.05, 3.63) is 127 Å². The van der Waals surface area contributed by atoms with Gasteiger partial charge >= 0.3 is 6.09 Å². The highest BCUT2D eigenvalue weighted by Gasteiger charge is 2.37. The Morgan fingerprint density at radius 1 is 0.712 bits per heavy atom. The average Bonchev–Trinajstić information content (AvgIpc) is 4.03. The van der Waals surface area contributed by atoms with Gasteiger partial charge in [-0.3, -0.25) is 9.59 Å². The van der Waals surface area contributed by atoms with Crippen LogP contribution in [0.5, 0.6) is 0 Å². The lowest BCUT2D eigenvalue weighted by atomic mass is 10.0. The van der Waals surface area contributed by atoms with Crippen molar-refractivity contribution in [1.29, 1.82) is 0 Å². The van der Waals surface area contributed by atoms with E-state index in [-0.39, 0.29) is 23.9 Å². The molecule has 8 rings (SSSR count). The Bertz CT molecular complexity index is 2180. The number of nitrogens with zero attached hydrogens (tertiary/aromatic N) is 5. The second-order valence-electron chi connectivity index (χ2n) is 13.1. The molecule has 13 nitrogen and oxygen atoms in total. The molecule has 6 aromatic rings. The van der Waals surface area contributed by atoms with Crippen molar-refractivity contribution in [1.82, 2.24) is 45.0 Å². The van der Waals surface area contributed by atoms with Gasteiger partial charge in [-0.25, -0.2) is 19.7 Å². The van der Waals surface area contributed by atoms with Gasteiger partial charge in [-0.15, -0.1) is 0 Å². The largest absolute Gasteiger partial charge is 0.465 e. The van der Waals surface area contributed by atoms with Crippen LogP contribution < -0.4 is 5.32 Å². The number of rotatable bonds is 9. The highest BCUT2D eigenvalue weighted by molar-refractivity contribution is 5.92. The van der Waals surface area contributed by atoms with Crippen molar-refractivity contribution in [2.45, 2.75) is 43.8 Å². The van der Waals surface area contributed by atoms with Crippen LogP contribution in [0.3, 0.4) is 0 Å². The van der Waals surface area contributed by atoms with E-state index >= 15 is 0 Å². The number of benzene rings is 3. The quantitative estimate of drug-likeness (QED) is 0.115. The van der Waals surface area contributed by atoms with Crippen LogP contribution in [0.2, 0.25) is 0 Å². The molecule has 2 aliphatic heterocycles. The van der Waals surface area contributed by atoms with Gasteiger partial charge in [0.05, 0.1) is 48.4 Å². The third-order valence-corrected chi connectivity index (χ3v) is 9.97. The number of nitrogens with one attached hydrogen (secondary N) is 4. The number of hydrogen-bond acceptors (Lipinski definition) is 6. The number of imidazole rings is 3. The highest BCUT2D eigenvalue weighted by Crippen LogP contribution is 2.35. The summed E-state index contributed by atoms with van der Waals surface area (Å²) < 4.78 is 0. The first kappa shape index (κ1) is 32.7. The molecule has 0 radical (unpaired) electrons. The van der Waals surface area contributed by atoms with Gasteiger partial charge in [0.25, 0.3) is 11.8 Å². The SMILES string of the molecule is O=C(O)N[C@@H](C(=O)N1CCC[C@H]1c1ncc(-c2ccc(-c3ccc(-c4cnc([C@@H]5CCCN5C(=O)c5cnc[nH]5)[nH]4)cc3)cc2)[nH]1)c1ccccc1. The Balaban J connectivity index is 0.936. The lowest BCUT2D eigenvalue weighted by Crippen LogP contribution is -2.42. The van der Waals surface area contributed by atoms with Gasteiger partial charge < -0.3 is 35.2 Å². The predicted octanol–water partition coefficient (Wildman–Crippen LogP) is 6.51. The molecule has 0 aliphatic carbocycles. The average molecular weight is 696 g/mol. The molecule has 5 heterocycles. The van der Waals surface area contributed by atoms with Gasteiger partial charge in [-0.1, -0.05) is 78.9 Å². The van der Waals surface area contributed by atoms with Crippen molar-refractivity contribution >= 4 is 17.9 Å². The maximum atomic E-state index is 13.7. The van der Waals surface area contributed by atoms with Crippen LogP contribution >= 0.6 is 0 Å². The second-order valence-corrected chi connectivity index (χ2v) is 13.1. The predicted molar refractivity (Wildman–Crippen MR) is 193 cm³/mol. The van der Waals surface area contributed by atoms with Gasteiger partial charge in [0, 0.05) is 13.1 Å². The molecule has 2 saturated heterocycles. The molecular weight excluding hydrogens is 658 g/mol. The minimum absolute atomic E-state index is 0.0711. The minimum Gasteiger partial charge on any atom is -0.465 e. The number of hydrogen-bond donors (Lipinski definition) is 5. The van der Waals surface area contributed by atoms with Crippen molar-refractivity contribution in [3.8, 4) is 33.6 Å². The number of likely N-dealkylation sites (tertiary alicyclic amines) is 2. The molecule has 2 aliphatic rings. The summed E-state index contributed by atoms with van der Waals surface area (Å²) in [5.41, 5.74) is 6.89. The Kier molecular flexibility index (Phi) is 8.81. The van der Waals surface area contributed by atoms with Gasteiger partial charge in [-0.05, 0) is 53.5 Å². The standard InChI is InChI=1S/C39H37N9O4/c49-37(31-20-40-23-43-31)47-18-4-8-32(47)35-41-21-29(44-35)26-14-10-24(11-15-26)25-12-16-27(17-13-25)30-22-42-36(45-30)33-9-5-19-48(33)38(50)34(46-39(51)52)28-6-2-1-3-7-28/h1-3,6-7,10-17,20-23,32-34,46H,4-5,8-9,18-19H2,(H,40,43)(H,41,44)(H,42,45)(H,51,52)/t32-,33-,34+/m0/s1. The fourth-order valence-corrected chi connectivity index (χ4v) is 7.35. The van der Waals surface area contributed by atoms with E-state index in [0.717, 1.165) is 65.1 Å². The summed E-state index contributed by atoms with van der Waals surface area (Å²) in [7, 11) is 0. The molecule has 3 amide bonds. The normalized spacial score (nSPS) is 17.7. The van der Waals surface area contributed by atoms with Crippen LogP contribution in [0.15, 0.2) is 104 Å². The second kappa shape index (κ2) is 14.0. The van der Waals surface area contributed by atoms with E-state index in [2.05, 4.69) is 71.6 Å². The Morgan fingerprint density at radius 2 is 1.25 bits per heavy atom. The molecule has 52 heavy (non-hydrogen) atoms. The van der Waals surface area contributed by atoms with E-state index < -0.39 is 12.1 Å². The third kappa shape index (κ3) is 6.43. The fourth-order valence-electron chi connectivity index (χ4n) is 7.35. The number of aromatic nitrogens is 6. The van der Waals surface area contributed by atoms with Crippen LogP contribution in [0.1, 0.15) is 71.5 Å². The van der Waals surface area contributed by atoms with Gasteiger partial charge in [0.2, 0.25) is 0 Å². The Labute approximate surface area is 299 Å². The van der Waals surface area contributed by atoms with Crippen LogP contribution in [0.25, 0.3) is 33.6 Å². The zero-order valence-corrected chi connectivity index (χ0v) is 28.2. The monoisotopic (exact) mass is 695 g/mol. The summed E-state index contributed by atoms with van der Waals surface area (Å²) >= 11 is 0. The number of carbonyl (C=O) groups is 3. The molecule has 0 unspecified atom stereocenters. The topological polar surface area (TPSA) is 176 Å². The zero-order valence-electron chi connectivity index (χ0n) is 28.2. The molecule has 262 valence electrons.